The van der Waals surface area contributed by atoms with Crippen LogP contribution in [-0.2, 0) is 6.54 Å². The van der Waals surface area contributed by atoms with Crippen LogP contribution >= 0.6 is 15.9 Å². The first-order valence-corrected chi connectivity index (χ1v) is 7.12. The molecule has 0 radical (unpaired) electrons. The number of nitrogens with one attached hydrogen (secondary N) is 1. The van der Waals surface area contributed by atoms with Gasteiger partial charge in [0, 0.05) is 22.8 Å². The maximum absolute atomic E-state index is 10.9. The fraction of sp³-hybridized carbons (Fsp3) is 0.200. The number of nitro groups is 1. The standard InChI is InChI=1S/C15H15BrN2O3/c1-10-14(16)4-3-5-15(10)17-9-11-6-12(18(19)20)8-13(7-11)21-2/h3-8,17H,9H2,1-2H3. The molecule has 0 bridgehead atoms. The topological polar surface area (TPSA) is 64.4 Å². The quantitative estimate of drug-likeness (QED) is 0.645. The molecular weight excluding hydrogens is 336 g/mol. The van der Waals surface area contributed by atoms with E-state index in [-0.39, 0.29) is 5.69 Å². The van der Waals surface area contributed by atoms with Gasteiger partial charge in [-0.2, -0.15) is 0 Å². The highest BCUT2D eigenvalue weighted by Crippen LogP contribution is 2.26. The van der Waals surface area contributed by atoms with Gasteiger partial charge < -0.3 is 10.1 Å². The normalized spacial score (nSPS) is 10.2. The fourth-order valence-electron chi connectivity index (χ4n) is 1.97. The summed E-state index contributed by atoms with van der Waals surface area (Å²) >= 11 is 3.48. The smallest absolute Gasteiger partial charge is 0.273 e. The Morgan fingerprint density at radius 3 is 2.76 bits per heavy atom. The molecule has 5 nitrogen and oxygen atoms in total. The lowest BCUT2D eigenvalue weighted by atomic mass is 10.1. The Hall–Kier alpha value is -2.08. The highest BCUT2D eigenvalue weighted by atomic mass is 79.9. The molecule has 0 heterocycles. The van der Waals surface area contributed by atoms with Gasteiger partial charge in [-0.05, 0) is 36.2 Å². The van der Waals surface area contributed by atoms with Crippen LogP contribution in [0.5, 0.6) is 5.75 Å². The number of halogens is 1. The molecule has 1 N–H and O–H groups in total. The number of hydrogen-bond donors (Lipinski definition) is 1. The predicted molar refractivity (Wildman–Crippen MR) is 85.9 cm³/mol. The van der Waals surface area contributed by atoms with Gasteiger partial charge in [0.15, 0.2) is 0 Å². The zero-order chi connectivity index (χ0) is 15.4. The lowest BCUT2D eigenvalue weighted by Gasteiger charge is -2.11. The van der Waals surface area contributed by atoms with Gasteiger partial charge in [0.2, 0.25) is 0 Å². The number of rotatable bonds is 5. The molecule has 0 fully saturated rings. The highest BCUT2D eigenvalue weighted by molar-refractivity contribution is 9.10. The molecule has 0 amide bonds. The molecular formula is C15H15BrN2O3. The second-order valence-electron chi connectivity index (χ2n) is 4.56. The SMILES string of the molecule is COc1cc(CNc2cccc(Br)c2C)cc([N+](=O)[O-])c1. The van der Waals surface area contributed by atoms with E-state index in [1.165, 1.54) is 13.2 Å². The van der Waals surface area contributed by atoms with Crippen LogP contribution in [0.15, 0.2) is 40.9 Å². The number of nitrogens with zero attached hydrogens (tertiary/aromatic N) is 1. The summed E-state index contributed by atoms with van der Waals surface area (Å²) in [4.78, 5) is 10.5. The van der Waals surface area contributed by atoms with Crippen LogP contribution in [0.3, 0.4) is 0 Å². The molecule has 0 saturated heterocycles. The highest BCUT2D eigenvalue weighted by Gasteiger charge is 2.10. The Morgan fingerprint density at radius 1 is 1.33 bits per heavy atom. The summed E-state index contributed by atoms with van der Waals surface area (Å²) in [6.07, 6.45) is 0. The summed E-state index contributed by atoms with van der Waals surface area (Å²) in [7, 11) is 1.49. The zero-order valence-corrected chi connectivity index (χ0v) is 13.3. The molecule has 0 unspecified atom stereocenters. The number of methoxy groups -OCH3 is 1. The number of benzene rings is 2. The van der Waals surface area contributed by atoms with Gasteiger partial charge in [0.1, 0.15) is 5.75 Å². The average molecular weight is 351 g/mol. The van der Waals surface area contributed by atoms with Crippen molar-refractivity contribution in [2.24, 2.45) is 0 Å². The molecule has 6 heteroatoms. The Labute approximate surface area is 131 Å². The monoisotopic (exact) mass is 350 g/mol. The van der Waals surface area contributed by atoms with Gasteiger partial charge in [0.25, 0.3) is 5.69 Å². The first kappa shape index (κ1) is 15.3. The molecule has 2 rings (SSSR count). The molecule has 0 atom stereocenters. The minimum Gasteiger partial charge on any atom is -0.496 e. The summed E-state index contributed by atoms with van der Waals surface area (Å²) in [5, 5.41) is 14.2. The van der Waals surface area contributed by atoms with Gasteiger partial charge in [-0.1, -0.05) is 22.0 Å². The van der Waals surface area contributed by atoms with Crippen molar-refractivity contribution in [3.05, 3.63) is 62.1 Å². The van der Waals surface area contributed by atoms with E-state index >= 15 is 0 Å². The van der Waals surface area contributed by atoms with Gasteiger partial charge in [-0.25, -0.2) is 0 Å². The van der Waals surface area contributed by atoms with E-state index in [4.69, 9.17) is 4.74 Å². The van der Waals surface area contributed by atoms with E-state index in [0.717, 1.165) is 21.3 Å². The largest absolute Gasteiger partial charge is 0.496 e. The lowest BCUT2D eigenvalue weighted by Crippen LogP contribution is -2.02. The number of hydrogen-bond acceptors (Lipinski definition) is 4. The van der Waals surface area contributed by atoms with Crippen LogP contribution in [0.25, 0.3) is 0 Å². The molecule has 0 aromatic heterocycles. The third-order valence-corrected chi connectivity index (χ3v) is 4.01. The van der Waals surface area contributed by atoms with Gasteiger partial charge in [-0.15, -0.1) is 0 Å². The molecule has 110 valence electrons. The molecule has 2 aromatic rings. The Kier molecular flexibility index (Phi) is 4.80. The number of ether oxygens (including phenoxy) is 1. The molecule has 21 heavy (non-hydrogen) atoms. The van der Waals surface area contributed by atoms with E-state index in [1.54, 1.807) is 12.1 Å². The third-order valence-electron chi connectivity index (χ3n) is 3.15. The minimum atomic E-state index is -0.420. The summed E-state index contributed by atoms with van der Waals surface area (Å²) in [6.45, 7) is 2.48. The van der Waals surface area contributed by atoms with Crippen molar-refractivity contribution in [1.29, 1.82) is 0 Å². The maximum Gasteiger partial charge on any atom is 0.273 e. The number of nitro benzene ring substituents is 1. The van der Waals surface area contributed by atoms with Crippen LogP contribution in [0.4, 0.5) is 11.4 Å². The van der Waals surface area contributed by atoms with E-state index in [0.29, 0.717) is 12.3 Å². The number of non-ortho nitro benzene ring substituents is 1. The van der Waals surface area contributed by atoms with Crippen LogP contribution in [0, 0.1) is 17.0 Å². The van der Waals surface area contributed by atoms with Crippen LogP contribution in [0.2, 0.25) is 0 Å². The van der Waals surface area contributed by atoms with Crippen molar-refractivity contribution in [1.82, 2.24) is 0 Å². The van der Waals surface area contributed by atoms with E-state index in [1.807, 2.05) is 25.1 Å². The number of anilines is 1. The Morgan fingerprint density at radius 2 is 2.10 bits per heavy atom. The van der Waals surface area contributed by atoms with E-state index in [9.17, 15) is 10.1 Å². The summed E-state index contributed by atoms with van der Waals surface area (Å²) in [5.41, 5.74) is 2.89. The van der Waals surface area contributed by atoms with Gasteiger partial charge >= 0.3 is 0 Å². The van der Waals surface area contributed by atoms with Crippen molar-refractivity contribution in [3.63, 3.8) is 0 Å². The van der Waals surface area contributed by atoms with Gasteiger partial charge in [0.05, 0.1) is 18.1 Å². The fourth-order valence-corrected chi connectivity index (χ4v) is 2.33. The van der Waals surface area contributed by atoms with Crippen LogP contribution in [-0.4, -0.2) is 12.0 Å². The van der Waals surface area contributed by atoms with Crippen LogP contribution in [0.1, 0.15) is 11.1 Å². The van der Waals surface area contributed by atoms with Crippen molar-refractivity contribution in [3.8, 4) is 5.75 Å². The lowest BCUT2D eigenvalue weighted by molar-refractivity contribution is -0.385. The van der Waals surface area contributed by atoms with E-state index < -0.39 is 4.92 Å². The molecule has 0 aliphatic rings. The first-order chi connectivity index (χ1) is 10.0. The van der Waals surface area contributed by atoms with Crippen molar-refractivity contribution >= 4 is 27.3 Å². The minimum absolute atomic E-state index is 0.0251. The molecule has 0 aliphatic heterocycles. The first-order valence-electron chi connectivity index (χ1n) is 6.32. The van der Waals surface area contributed by atoms with Crippen molar-refractivity contribution in [2.45, 2.75) is 13.5 Å². The van der Waals surface area contributed by atoms with Crippen molar-refractivity contribution < 1.29 is 9.66 Å². The second-order valence-corrected chi connectivity index (χ2v) is 5.42. The molecule has 0 aliphatic carbocycles. The Balaban J connectivity index is 2.21. The summed E-state index contributed by atoms with van der Waals surface area (Å²) in [6, 6.07) is 10.6. The van der Waals surface area contributed by atoms with Crippen molar-refractivity contribution in [2.75, 3.05) is 12.4 Å². The molecule has 0 saturated carbocycles. The maximum atomic E-state index is 10.9. The molecule has 0 spiro atoms. The van der Waals surface area contributed by atoms with Crippen LogP contribution < -0.4 is 10.1 Å². The summed E-state index contributed by atoms with van der Waals surface area (Å²) in [5.74, 6) is 0.479. The Bertz CT molecular complexity index is 674. The second kappa shape index (κ2) is 6.58. The average Bonchev–Trinajstić information content (AvgIpc) is 2.48. The summed E-state index contributed by atoms with van der Waals surface area (Å²) < 4.78 is 6.12. The third kappa shape index (κ3) is 3.72. The predicted octanol–water partition coefficient (Wildman–Crippen LogP) is 4.29. The molecule has 2 aromatic carbocycles. The zero-order valence-electron chi connectivity index (χ0n) is 11.7. The van der Waals surface area contributed by atoms with E-state index in [2.05, 4.69) is 21.2 Å². The van der Waals surface area contributed by atoms with Gasteiger partial charge in [-0.3, -0.25) is 10.1 Å².